The fourth-order valence-corrected chi connectivity index (χ4v) is 2.76. The second-order valence-electron chi connectivity index (χ2n) is 5.18. The van der Waals surface area contributed by atoms with E-state index in [1.807, 2.05) is 6.07 Å². The molecule has 1 heterocycles. The molecule has 0 saturated carbocycles. The molecule has 3 aromatic rings. The van der Waals surface area contributed by atoms with Gasteiger partial charge >= 0.3 is 0 Å². The molecule has 2 aromatic carbocycles. The fourth-order valence-electron chi connectivity index (χ4n) is 2.27. The van der Waals surface area contributed by atoms with Crippen molar-refractivity contribution in [1.29, 1.82) is 0 Å². The van der Waals surface area contributed by atoms with Crippen molar-refractivity contribution < 1.29 is 9.47 Å². The fraction of sp³-hybridized carbons (Fsp3) is 0.111. The molecule has 0 radical (unpaired) electrons. The first-order chi connectivity index (χ1) is 12.6. The third-order valence-electron chi connectivity index (χ3n) is 3.52. The second kappa shape index (κ2) is 8.12. The van der Waals surface area contributed by atoms with Crippen molar-refractivity contribution in [3.8, 4) is 11.5 Å². The molecule has 0 atom stereocenters. The Hall–Kier alpha value is -2.70. The van der Waals surface area contributed by atoms with Crippen LogP contribution in [0.15, 0.2) is 48.7 Å². The van der Waals surface area contributed by atoms with Crippen molar-refractivity contribution in [2.24, 2.45) is 0 Å². The molecule has 2 N–H and O–H groups in total. The van der Waals surface area contributed by atoms with Gasteiger partial charge in [0.25, 0.3) is 0 Å². The van der Waals surface area contributed by atoms with Crippen LogP contribution < -0.4 is 20.1 Å². The molecule has 3 rings (SSSR count). The summed E-state index contributed by atoms with van der Waals surface area (Å²) in [4.78, 5) is 8.66. The standard InChI is InChI=1S/C18H16Cl2N4O2/c1-25-11-6-7-15(26-2)14(10-11)22-18-21-9-8-16(24-18)23-17-12(19)4-3-5-13(17)20/h3-10H,1-2H3,(H2,21,22,23,24). The third-order valence-corrected chi connectivity index (χ3v) is 4.15. The highest BCUT2D eigenvalue weighted by atomic mass is 35.5. The molecule has 0 spiro atoms. The predicted octanol–water partition coefficient (Wildman–Crippen LogP) is 5.29. The van der Waals surface area contributed by atoms with Gasteiger partial charge in [0.1, 0.15) is 17.3 Å². The maximum absolute atomic E-state index is 6.19. The normalized spacial score (nSPS) is 10.3. The van der Waals surface area contributed by atoms with Crippen LogP contribution in [-0.2, 0) is 0 Å². The highest BCUT2D eigenvalue weighted by Crippen LogP contribution is 2.33. The zero-order chi connectivity index (χ0) is 18.5. The lowest BCUT2D eigenvalue weighted by Gasteiger charge is -2.13. The van der Waals surface area contributed by atoms with Gasteiger partial charge in [0.2, 0.25) is 5.95 Å². The molecule has 26 heavy (non-hydrogen) atoms. The number of benzene rings is 2. The highest BCUT2D eigenvalue weighted by Gasteiger charge is 2.10. The van der Waals surface area contributed by atoms with E-state index in [1.54, 1.807) is 56.8 Å². The van der Waals surface area contributed by atoms with E-state index >= 15 is 0 Å². The van der Waals surface area contributed by atoms with Crippen LogP contribution in [0.1, 0.15) is 0 Å². The van der Waals surface area contributed by atoms with E-state index in [4.69, 9.17) is 32.7 Å². The van der Waals surface area contributed by atoms with E-state index < -0.39 is 0 Å². The molecule has 1 aromatic heterocycles. The topological polar surface area (TPSA) is 68.3 Å². The minimum Gasteiger partial charge on any atom is -0.497 e. The summed E-state index contributed by atoms with van der Waals surface area (Å²) in [7, 11) is 3.19. The Morgan fingerprint density at radius 3 is 2.38 bits per heavy atom. The van der Waals surface area contributed by atoms with Gasteiger partial charge in [-0.2, -0.15) is 4.98 Å². The number of ether oxygens (including phenoxy) is 2. The van der Waals surface area contributed by atoms with Crippen molar-refractivity contribution >= 4 is 46.3 Å². The zero-order valence-corrected chi connectivity index (χ0v) is 15.6. The lowest BCUT2D eigenvalue weighted by molar-refractivity contribution is 0.405. The van der Waals surface area contributed by atoms with Gasteiger partial charge in [-0.05, 0) is 30.3 Å². The van der Waals surface area contributed by atoms with Crippen molar-refractivity contribution in [1.82, 2.24) is 9.97 Å². The summed E-state index contributed by atoms with van der Waals surface area (Å²) in [6.07, 6.45) is 1.62. The number of para-hydroxylation sites is 1. The number of hydrogen-bond acceptors (Lipinski definition) is 6. The second-order valence-corrected chi connectivity index (χ2v) is 5.99. The zero-order valence-electron chi connectivity index (χ0n) is 14.1. The molecule has 0 saturated heterocycles. The quantitative estimate of drug-likeness (QED) is 0.595. The van der Waals surface area contributed by atoms with Gasteiger partial charge in [0, 0.05) is 12.3 Å². The van der Waals surface area contributed by atoms with Gasteiger partial charge in [-0.1, -0.05) is 29.3 Å². The van der Waals surface area contributed by atoms with Crippen molar-refractivity contribution in [3.63, 3.8) is 0 Å². The van der Waals surface area contributed by atoms with E-state index in [2.05, 4.69) is 20.6 Å². The number of halogens is 2. The minimum absolute atomic E-state index is 0.379. The van der Waals surface area contributed by atoms with Crippen molar-refractivity contribution in [3.05, 3.63) is 58.7 Å². The van der Waals surface area contributed by atoms with Gasteiger partial charge in [0.05, 0.1) is 35.6 Å². The summed E-state index contributed by atoms with van der Waals surface area (Å²) >= 11 is 12.4. The first-order valence-electron chi connectivity index (χ1n) is 7.64. The van der Waals surface area contributed by atoms with Gasteiger partial charge < -0.3 is 20.1 Å². The summed E-state index contributed by atoms with van der Waals surface area (Å²) in [6.45, 7) is 0. The summed E-state index contributed by atoms with van der Waals surface area (Å²) in [5.41, 5.74) is 1.26. The number of methoxy groups -OCH3 is 2. The maximum atomic E-state index is 6.19. The molecule has 8 heteroatoms. The molecule has 0 unspecified atom stereocenters. The molecule has 6 nitrogen and oxygen atoms in total. The Labute approximate surface area is 161 Å². The SMILES string of the molecule is COc1ccc(OC)c(Nc2nccc(Nc3c(Cl)cccc3Cl)n2)c1. The summed E-state index contributed by atoms with van der Waals surface area (Å²) in [6, 6.07) is 12.4. The van der Waals surface area contributed by atoms with Crippen LogP contribution in [-0.4, -0.2) is 24.2 Å². The van der Waals surface area contributed by atoms with E-state index in [0.717, 1.165) is 0 Å². The predicted molar refractivity (Wildman–Crippen MR) is 105 cm³/mol. The number of anilines is 4. The van der Waals surface area contributed by atoms with Crippen molar-refractivity contribution in [2.75, 3.05) is 24.9 Å². The van der Waals surface area contributed by atoms with Crippen LogP contribution >= 0.6 is 23.2 Å². The number of hydrogen-bond donors (Lipinski definition) is 2. The highest BCUT2D eigenvalue weighted by molar-refractivity contribution is 6.39. The molecule has 0 fully saturated rings. The first kappa shape index (κ1) is 18.1. The molecule has 0 aliphatic rings. The van der Waals surface area contributed by atoms with Crippen LogP contribution in [0.3, 0.4) is 0 Å². The van der Waals surface area contributed by atoms with Crippen LogP contribution in [0, 0.1) is 0 Å². The lowest BCUT2D eigenvalue weighted by atomic mass is 10.2. The Morgan fingerprint density at radius 1 is 0.923 bits per heavy atom. The molecule has 0 aliphatic heterocycles. The summed E-state index contributed by atoms with van der Waals surface area (Å²) < 4.78 is 10.6. The van der Waals surface area contributed by atoms with Crippen LogP contribution in [0.5, 0.6) is 11.5 Å². The smallest absolute Gasteiger partial charge is 0.229 e. The average Bonchev–Trinajstić information content (AvgIpc) is 2.65. The van der Waals surface area contributed by atoms with Gasteiger partial charge in [0.15, 0.2) is 0 Å². The minimum atomic E-state index is 0.379. The summed E-state index contributed by atoms with van der Waals surface area (Å²) in [5.74, 6) is 2.25. The molecular formula is C18H16Cl2N4O2. The molecule has 0 bridgehead atoms. The third kappa shape index (κ3) is 4.09. The summed E-state index contributed by atoms with van der Waals surface area (Å²) in [5, 5.41) is 7.23. The van der Waals surface area contributed by atoms with Crippen LogP contribution in [0.4, 0.5) is 23.1 Å². The number of aromatic nitrogens is 2. The maximum Gasteiger partial charge on any atom is 0.229 e. The number of nitrogens with one attached hydrogen (secondary N) is 2. The monoisotopic (exact) mass is 390 g/mol. The van der Waals surface area contributed by atoms with Gasteiger partial charge in [-0.15, -0.1) is 0 Å². The molecule has 134 valence electrons. The van der Waals surface area contributed by atoms with E-state index in [0.29, 0.717) is 44.7 Å². The van der Waals surface area contributed by atoms with Crippen LogP contribution in [0.25, 0.3) is 0 Å². The number of nitrogens with zero attached hydrogens (tertiary/aromatic N) is 2. The Balaban J connectivity index is 1.86. The van der Waals surface area contributed by atoms with E-state index in [9.17, 15) is 0 Å². The lowest BCUT2D eigenvalue weighted by Crippen LogP contribution is -2.02. The van der Waals surface area contributed by atoms with E-state index in [1.165, 1.54) is 0 Å². The van der Waals surface area contributed by atoms with Gasteiger partial charge in [-0.25, -0.2) is 4.98 Å². The Kier molecular flexibility index (Phi) is 5.65. The number of rotatable bonds is 6. The Morgan fingerprint density at radius 2 is 1.69 bits per heavy atom. The van der Waals surface area contributed by atoms with Gasteiger partial charge in [-0.3, -0.25) is 0 Å². The largest absolute Gasteiger partial charge is 0.497 e. The van der Waals surface area contributed by atoms with Crippen LogP contribution in [0.2, 0.25) is 10.0 Å². The average molecular weight is 391 g/mol. The van der Waals surface area contributed by atoms with E-state index in [-0.39, 0.29) is 0 Å². The Bertz CT molecular complexity index is 901. The first-order valence-corrected chi connectivity index (χ1v) is 8.39. The molecular weight excluding hydrogens is 375 g/mol. The van der Waals surface area contributed by atoms with Crippen molar-refractivity contribution in [2.45, 2.75) is 0 Å². The molecule has 0 aliphatic carbocycles. The molecule has 0 amide bonds.